The Kier molecular flexibility index (Phi) is 5.23. The average molecular weight is 200 g/mol. The van der Waals surface area contributed by atoms with Gasteiger partial charge < -0.3 is 15.7 Å². The first-order valence-electron chi connectivity index (χ1n) is 4.68. The third-order valence-corrected chi connectivity index (χ3v) is 1.86. The molecular formula is C10H20N2O2. The summed E-state index contributed by atoms with van der Waals surface area (Å²) in [5.74, 6) is 0. The van der Waals surface area contributed by atoms with Gasteiger partial charge in [-0.3, -0.25) is 0 Å². The van der Waals surface area contributed by atoms with Crippen molar-refractivity contribution in [3.8, 4) is 0 Å². The third kappa shape index (κ3) is 5.59. The van der Waals surface area contributed by atoms with Crippen LogP contribution in [0.2, 0.25) is 0 Å². The van der Waals surface area contributed by atoms with Crippen LogP contribution in [0.5, 0.6) is 0 Å². The highest BCUT2D eigenvalue weighted by atomic mass is 16.3. The summed E-state index contributed by atoms with van der Waals surface area (Å²) in [6.45, 7) is 9.91. The van der Waals surface area contributed by atoms with Crippen LogP contribution in [0.1, 0.15) is 20.8 Å². The van der Waals surface area contributed by atoms with E-state index in [1.165, 1.54) is 0 Å². The number of hydrogen-bond donors (Lipinski definition) is 3. The zero-order chi connectivity index (χ0) is 11.2. The van der Waals surface area contributed by atoms with Crippen molar-refractivity contribution >= 4 is 6.03 Å². The Morgan fingerprint density at radius 1 is 1.50 bits per heavy atom. The van der Waals surface area contributed by atoms with Crippen molar-refractivity contribution in [1.82, 2.24) is 10.6 Å². The highest BCUT2D eigenvalue weighted by molar-refractivity contribution is 5.73. The van der Waals surface area contributed by atoms with E-state index in [0.717, 1.165) is 0 Å². The van der Waals surface area contributed by atoms with Crippen molar-refractivity contribution in [3.63, 3.8) is 0 Å². The number of rotatable bonds is 4. The molecule has 4 heteroatoms. The van der Waals surface area contributed by atoms with Gasteiger partial charge in [0.1, 0.15) is 0 Å². The number of amides is 2. The normalized spacial score (nSPS) is 13.1. The van der Waals surface area contributed by atoms with Gasteiger partial charge in [-0.15, -0.1) is 6.58 Å². The van der Waals surface area contributed by atoms with Gasteiger partial charge in [-0.1, -0.05) is 26.8 Å². The van der Waals surface area contributed by atoms with Crippen LogP contribution in [0.4, 0.5) is 4.79 Å². The van der Waals surface area contributed by atoms with Crippen molar-refractivity contribution in [2.75, 3.05) is 13.1 Å². The van der Waals surface area contributed by atoms with E-state index in [1.807, 2.05) is 20.8 Å². The van der Waals surface area contributed by atoms with Crippen molar-refractivity contribution < 1.29 is 9.90 Å². The number of aliphatic hydroxyl groups excluding tert-OH is 1. The van der Waals surface area contributed by atoms with Gasteiger partial charge in [-0.05, 0) is 5.41 Å². The van der Waals surface area contributed by atoms with Crippen LogP contribution < -0.4 is 10.6 Å². The van der Waals surface area contributed by atoms with Crippen LogP contribution in [0.25, 0.3) is 0 Å². The van der Waals surface area contributed by atoms with E-state index < -0.39 is 6.10 Å². The first-order valence-corrected chi connectivity index (χ1v) is 4.68. The maximum atomic E-state index is 11.1. The van der Waals surface area contributed by atoms with Crippen LogP contribution in [0.3, 0.4) is 0 Å². The highest BCUT2D eigenvalue weighted by Crippen LogP contribution is 2.17. The van der Waals surface area contributed by atoms with Crippen LogP contribution in [-0.4, -0.2) is 30.3 Å². The molecule has 0 saturated carbocycles. The Hall–Kier alpha value is -1.03. The zero-order valence-corrected chi connectivity index (χ0v) is 9.13. The molecule has 0 aliphatic carbocycles. The van der Waals surface area contributed by atoms with Gasteiger partial charge >= 0.3 is 6.03 Å². The van der Waals surface area contributed by atoms with Gasteiger partial charge in [0.2, 0.25) is 0 Å². The van der Waals surface area contributed by atoms with Crippen molar-refractivity contribution in [2.24, 2.45) is 5.41 Å². The van der Waals surface area contributed by atoms with Crippen molar-refractivity contribution in [1.29, 1.82) is 0 Å². The first-order chi connectivity index (χ1) is 6.38. The molecule has 0 aromatic heterocycles. The summed E-state index contributed by atoms with van der Waals surface area (Å²) >= 11 is 0. The lowest BCUT2D eigenvalue weighted by Gasteiger charge is -2.25. The smallest absolute Gasteiger partial charge is 0.315 e. The standard InChI is InChI=1S/C10H20N2O2/c1-5-6-11-9(14)12-7-8(13)10(2,3)4/h5,8,13H,1,6-7H2,2-4H3,(H2,11,12,14). The Balaban J connectivity index is 3.72. The fraction of sp³-hybridized carbons (Fsp3) is 0.700. The maximum absolute atomic E-state index is 11.1. The summed E-state index contributed by atoms with van der Waals surface area (Å²) < 4.78 is 0. The number of aliphatic hydroxyl groups is 1. The number of urea groups is 1. The second-order valence-electron chi connectivity index (χ2n) is 4.26. The quantitative estimate of drug-likeness (QED) is 0.590. The zero-order valence-electron chi connectivity index (χ0n) is 9.13. The number of hydrogen-bond acceptors (Lipinski definition) is 2. The van der Waals surface area contributed by atoms with Gasteiger partial charge in [0.05, 0.1) is 6.10 Å². The largest absolute Gasteiger partial charge is 0.391 e. The first kappa shape index (κ1) is 13.0. The predicted molar refractivity (Wildman–Crippen MR) is 57.1 cm³/mol. The third-order valence-electron chi connectivity index (χ3n) is 1.86. The van der Waals surface area contributed by atoms with Crippen molar-refractivity contribution in [2.45, 2.75) is 26.9 Å². The molecule has 0 aliphatic heterocycles. The van der Waals surface area contributed by atoms with E-state index in [0.29, 0.717) is 6.54 Å². The molecule has 0 heterocycles. The summed E-state index contributed by atoms with van der Waals surface area (Å²) in [4.78, 5) is 11.1. The van der Waals surface area contributed by atoms with Crippen molar-refractivity contribution in [3.05, 3.63) is 12.7 Å². The molecule has 0 radical (unpaired) electrons. The molecule has 1 atom stereocenters. The second kappa shape index (κ2) is 5.65. The minimum Gasteiger partial charge on any atom is -0.391 e. The summed E-state index contributed by atoms with van der Waals surface area (Å²) in [5.41, 5.74) is -0.217. The molecule has 82 valence electrons. The molecule has 0 spiro atoms. The molecule has 2 amide bonds. The molecule has 0 aromatic rings. The van der Waals surface area contributed by atoms with E-state index in [-0.39, 0.29) is 18.0 Å². The van der Waals surface area contributed by atoms with Gasteiger partial charge in [0, 0.05) is 13.1 Å². The molecule has 4 nitrogen and oxygen atoms in total. The van der Waals surface area contributed by atoms with E-state index in [2.05, 4.69) is 17.2 Å². The highest BCUT2D eigenvalue weighted by Gasteiger charge is 2.22. The molecule has 3 N–H and O–H groups in total. The molecule has 14 heavy (non-hydrogen) atoms. The molecular weight excluding hydrogens is 180 g/mol. The molecule has 0 rings (SSSR count). The number of carbonyl (C=O) groups excluding carboxylic acids is 1. The monoisotopic (exact) mass is 200 g/mol. The van der Waals surface area contributed by atoms with E-state index in [4.69, 9.17) is 0 Å². The van der Waals surface area contributed by atoms with Crippen LogP contribution in [-0.2, 0) is 0 Å². The average Bonchev–Trinajstić information content (AvgIpc) is 2.09. The SMILES string of the molecule is C=CCNC(=O)NCC(O)C(C)(C)C. The minimum absolute atomic E-state index is 0.217. The fourth-order valence-electron chi connectivity index (χ4n) is 0.723. The molecule has 0 saturated heterocycles. The predicted octanol–water partition coefficient (Wildman–Crippen LogP) is 0.879. The molecule has 0 bridgehead atoms. The maximum Gasteiger partial charge on any atom is 0.315 e. The molecule has 0 fully saturated rings. The minimum atomic E-state index is -0.544. The van der Waals surface area contributed by atoms with E-state index in [9.17, 15) is 9.90 Å². The summed E-state index contributed by atoms with van der Waals surface area (Å²) in [6, 6.07) is -0.284. The number of carbonyl (C=O) groups is 1. The second-order valence-corrected chi connectivity index (χ2v) is 4.26. The van der Waals surface area contributed by atoms with Gasteiger partial charge in [0.25, 0.3) is 0 Å². The van der Waals surface area contributed by atoms with Gasteiger partial charge in [-0.25, -0.2) is 4.79 Å². The molecule has 0 aliphatic rings. The van der Waals surface area contributed by atoms with Gasteiger partial charge in [0.15, 0.2) is 0 Å². The number of nitrogens with one attached hydrogen (secondary N) is 2. The Labute approximate surface area is 85.4 Å². The summed E-state index contributed by atoms with van der Waals surface area (Å²) in [6.07, 6.45) is 1.05. The Morgan fingerprint density at radius 2 is 2.07 bits per heavy atom. The topological polar surface area (TPSA) is 61.4 Å². The fourth-order valence-corrected chi connectivity index (χ4v) is 0.723. The summed E-state index contributed by atoms with van der Waals surface area (Å²) in [5, 5.41) is 14.7. The van der Waals surface area contributed by atoms with E-state index >= 15 is 0 Å². The molecule has 1 unspecified atom stereocenters. The van der Waals surface area contributed by atoms with Crippen LogP contribution >= 0.6 is 0 Å². The van der Waals surface area contributed by atoms with Crippen LogP contribution in [0.15, 0.2) is 12.7 Å². The lowest BCUT2D eigenvalue weighted by Crippen LogP contribution is -2.43. The lowest BCUT2D eigenvalue weighted by molar-refractivity contribution is 0.0650. The lowest BCUT2D eigenvalue weighted by atomic mass is 9.89. The van der Waals surface area contributed by atoms with Gasteiger partial charge in [-0.2, -0.15) is 0 Å². The molecule has 0 aromatic carbocycles. The van der Waals surface area contributed by atoms with Crippen LogP contribution in [0, 0.1) is 5.41 Å². The Morgan fingerprint density at radius 3 is 2.50 bits per heavy atom. The van der Waals surface area contributed by atoms with E-state index in [1.54, 1.807) is 6.08 Å². The Bertz CT molecular complexity index is 197. The summed E-state index contributed by atoms with van der Waals surface area (Å²) in [7, 11) is 0.